The molecule has 0 radical (unpaired) electrons. The molecule has 2 aromatic rings. The Morgan fingerprint density at radius 1 is 1.19 bits per heavy atom. The molecule has 0 aliphatic carbocycles. The molecule has 0 unspecified atom stereocenters. The van der Waals surface area contributed by atoms with E-state index in [1.165, 1.54) is 51.2 Å². The maximum Gasteiger partial charge on any atom is 0.242 e. The van der Waals surface area contributed by atoms with E-state index in [1.54, 1.807) is 0 Å². The van der Waals surface area contributed by atoms with Gasteiger partial charge in [0.15, 0.2) is 0 Å². The van der Waals surface area contributed by atoms with Crippen LogP contribution in [-0.2, 0) is 14.8 Å². The molecule has 2 aromatic carbocycles. The van der Waals surface area contributed by atoms with E-state index in [9.17, 15) is 13.2 Å². The summed E-state index contributed by atoms with van der Waals surface area (Å²) in [6.07, 6.45) is 0. The van der Waals surface area contributed by atoms with Gasteiger partial charge in [0.05, 0.1) is 23.4 Å². The quantitative estimate of drug-likeness (QED) is 0.725. The first kappa shape index (κ1) is 21.3. The smallest absolute Gasteiger partial charge is 0.242 e. The van der Waals surface area contributed by atoms with Crippen molar-refractivity contribution >= 4 is 33.4 Å². The second-order valence-electron chi connectivity index (χ2n) is 6.06. The second-order valence-corrected chi connectivity index (χ2v) is 9.54. The number of rotatable bonds is 8. The van der Waals surface area contributed by atoms with Crippen LogP contribution in [0.3, 0.4) is 0 Å². The van der Waals surface area contributed by atoms with Crippen molar-refractivity contribution in [3.8, 4) is 5.75 Å². The number of nitrogens with zero attached hydrogens (tertiary/aromatic N) is 1. The number of anilines is 1. The molecule has 0 saturated heterocycles. The Morgan fingerprint density at radius 2 is 1.85 bits per heavy atom. The molecule has 0 aromatic heterocycles. The van der Waals surface area contributed by atoms with Gasteiger partial charge in [0, 0.05) is 19.3 Å². The maximum absolute atomic E-state index is 12.4. The van der Waals surface area contributed by atoms with Crippen LogP contribution in [-0.4, -0.2) is 45.6 Å². The van der Waals surface area contributed by atoms with Gasteiger partial charge in [0.25, 0.3) is 0 Å². The first-order chi connectivity index (χ1) is 12.8. The van der Waals surface area contributed by atoms with Gasteiger partial charge in [-0.3, -0.25) is 4.79 Å². The topological polar surface area (TPSA) is 75.7 Å². The molecule has 1 amide bonds. The summed E-state index contributed by atoms with van der Waals surface area (Å²) >= 11 is 1.51. The SMILES string of the molecule is COc1ccc(S(=O)(=O)N(C)C)cc1NC(=O)CS[C@@H](C)c1ccccc1. The molecule has 0 saturated carbocycles. The standard InChI is InChI=1S/C19H24N2O4S2/c1-14(15-8-6-5-7-9-15)26-13-19(22)20-17-12-16(10-11-18(17)25-4)27(23,24)21(2)3/h5-12,14H,13H2,1-4H3,(H,20,22)/t14-/m0/s1. The van der Waals surface area contributed by atoms with Gasteiger partial charge in [-0.05, 0) is 30.7 Å². The number of methoxy groups -OCH3 is 1. The zero-order chi connectivity index (χ0) is 20.0. The molecule has 0 fully saturated rings. The number of amides is 1. The third kappa shape index (κ3) is 5.47. The molecule has 0 aliphatic heterocycles. The zero-order valence-electron chi connectivity index (χ0n) is 15.8. The van der Waals surface area contributed by atoms with Crippen molar-refractivity contribution in [3.05, 3.63) is 54.1 Å². The van der Waals surface area contributed by atoms with Gasteiger partial charge in [0.2, 0.25) is 15.9 Å². The summed E-state index contributed by atoms with van der Waals surface area (Å²) < 4.78 is 31.0. The van der Waals surface area contributed by atoms with Crippen molar-refractivity contribution in [2.24, 2.45) is 0 Å². The minimum Gasteiger partial charge on any atom is -0.495 e. The van der Waals surface area contributed by atoms with Crippen molar-refractivity contribution < 1.29 is 17.9 Å². The van der Waals surface area contributed by atoms with Crippen LogP contribution in [0.4, 0.5) is 5.69 Å². The van der Waals surface area contributed by atoms with Crippen LogP contribution < -0.4 is 10.1 Å². The molecule has 2 rings (SSSR count). The van der Waals surface area contributed by atoms with Crippen LogP contribution >= 0.6 is 11.8 Å². The predicted molar refractivity (Wildman–Crippen MR) is 110 cm³/mol. The van der Waals surface area contributed by atoms with Crippen molar-refractivity contribution in [2.75, 3.05) is 32.3 Å². The number of hydrogen-bond donors (Lipinski definition) is 1. The van der Waals surface area contributed by atoms with Crippen molar-refractivity contribution in [1.82, 2.24) is 4.31 Å². The van der Waals surface area contributed by atoms with Crippen molar-refractivity contribution in [2.45, 2.75) is 17.1 Å². The molecule has 27 heavy (non-hydrogen) atoms. The lowest BCUT2D eigenvalue weighted by Crippen LogP contribution is -2.22. The monoisotopic (exact) mass is 408 g/mol. The molecule has 146 valence electrons. The molecule has 8 heteroatoms. The molecular formula is C19H24N2O4S2. The summed E-state index contributed by atoms with van der Waals surface area (Å²) in [6, 6.07) is 14.3. The summed E-state index contributed by atoms with van der Waals surface area (Å²) in [7, 11) is 0.784. The zero-order valence-corrected chi connectivity index (χ0v) is 17.4. The van der Waals surface area contributed by atoms with Gasteiger partial charge in [-0.2, -0.15) is 0 Å². The Hall–Kier alpha value is -2.03. The Kier molecular flexibility index (Phi) is 7.29. The number of nitrogens with one attached hydrogen (secondary N) is 1. The molecule has 1 atom stereocenters. The van der Waals surface area contributed by atoms with Gasteiger partial charge in [-0.15, -0.1) is 11.8 Å². The van der Waals surface area contributed by atoms with Crippen LogP contribution in [0.25, 0.3) is 0 Å². The van der Waals surface area contributed by atoms with Gasteiger partial charge >= 0.3 is 0 Å². The predicted octanol–water partition coefficient (Wildman–Crippen LogP) is 3.38. The lowest BCUT2D eigenvalue weighted by Gasteiger charge is -2.16. The Morgan fingerprint density at radius 3 is 2.44 bits per heavy atom. The molecule has 0 spiro atoms. The van der Waals surface area contributed by atoms with Crippen LogP contribution in [0, 0.1) is 0 Å². The van der Waals surface area contributed by atoms with E-state index in [0.717, 1.165) is 9.87 Å². The number of hydrogen-bond acceptors (Lipinski definition) is 5. The van der Waals surface area contributed by atoms with E-state index in [-0.39, 0.29) is 21.8 Å². The average molecular weight is 409 g/mol. The van der Waals surface area contributed by atoms with Crippen LogP contribution in [0.2, 0.25) is 0 Å². The fourth-order valence-corrected chi connectivity index (χ4v) is 4.11. The van der Waals surface area contributed by atoms with Crippen LogP contribution in [0.15, 0.2) is 53.4 Å². The maximum atomic E-state index is 12.4. The van der Waals surface area contributed by atoms with Crippen molar-refractivity contribution in [1.29, 1.82) is 0 Å². The van der Waals surface area contributed by atoms with E-state index in [1.807, 2.05) is 37.3 Å². The van der Waals surface area contributed by atoms with Gasteiger partial charge in [0.1, 0.15) is 5.75 Å². The minimum absolute atomic E-state index is 0.0916. The van der Waals surface area contributed by atoms with Crippen LogP contribution in [0.1, 0.15) is 17.7 Å². The normalized spacial score (nSPS) is 12.6. The minimum atomic E-state index is -3.60. The van der Waals surface area contributed by atoms with E-state index < -0.39 is 10.0 Å². The van der Waals surface area contributed by atoms with E-state index in [2.05, 4.69) is 5.32 Å². The molecule has 0 aliphatic rings. The number of carbonyl (C=O) groups excluding carboxylic acids is 1. The second kappa shape index (κ2) is 9.25. The van der Waals surface area contributed by atoms with E-state index >= 15 is 0 Å². The lowest BCUT2D eigenvalue weighted by atomic mass is 10.2. The van der Waals surface area contributed by atoms with Gasteiger partial charge < -0.3 is 10.1 Å². The Bertz CT molecular complexity index is 884. The highest BCUT2D eigenvalue weighted by atomic mass is 32.2. The number of ether oxygens (including phenoxy) is 1. The molecule has 6 nitrogen and oxygen atoms in total. The van der Waals surface area contributed by atoms with Crippen molar-refractivity contribution in [3.63, 3.8) is 0 Å². The first-order valence-electron chi connectivity index (χ1n) is 8.32. The van der Waals surface area contributed by atoms with Crippen LogP contribution in [0.5, 0.6) is 5.75 Å². The van der Waals surface area contributed by atoms with E-state index in [0.29, 0.717) is 11.4 Å². The fraction of sp³-hybridized carbons (Fsp3) is 0.316. The number of sulfonamides is 1. The highest BCUT2D eigenvalue weighted by Crippen LogP contribution is 2.30. The van der Waals surface area contributed by atoms with Gasteiger partial charge in [-0.1, -0.05) is 30.3 Å². The Balaban J connectivity index is 2.10. The lowest BCUT2D eigenvalue weighted by molar-refractivity contribution is -0.113. The first-order valence-corrected chi connectivity index (χ1v) is 10.8. The number of carbonyl (C=O) groups is 1. The van der Waals surface area contributed by atoms with Gasteiger partial charge in [-0.25, -0.2) is 12.7 Å². The summed E-state index contributed by atoms with van der Waals surface area (Å²) in [5.41, 5.74) is 1.48. The summed E-state index contributed by atoms with van der Waals surface area (Å²) in [6.45, 7) is 2.04. The molecule has 0 bridgehead atoms. The van der Waals surface area contributed by atoms with E-state index in [4.69, 9.17) is 4.74 Å². The third-order valence-electron chi connectivity index (χ3n) is 3.96. The fourth-order valence-electron chi connectivity index (χ4n) is 2.36. The largest absolute Gasteiger partial charge is 0.495 e. The average Bonchev–Trinajstić information content (AvgIpc) is 2.66. The third-order valence-corrected chi connectivity index (χ3v) is 6.97. The Labute approximate surface area is 165 Å². The number of benzene rings is 2. The molecule has 1 N–H and O–H groups in total. The summed E-state index contributed by atoms with van der Waals surface area (Å²) in [5.74, 6) is 0.423. The summed E-state index contributed by atoms with van der Waals surface area (Å²) in [4.78, 5) is 12.5. The molecular weight excluding hydrogens is 384 g/mol. The number of thioether (sulfide) groups is 1. The summed E-state index contributed by atoms with van der Waals surface area (Å²) in [5, 5.41) is 2.92. The molecule has 0 heterocycles. The highest BCUT2D eigenvalue weighted by molar-refractivity contribution is 8.00. The highest BCUT2D eigenvalue weighted by Gasteiger charge is 2.20.